The molecule has 3 aliphatic rings. The van der Waals surface area contributed by atoms with Gasteiger partial charge in [0.15, 0.2) is 11.5 Å². The summed E-state index contributed by atoms with van der Waals surface area (Å²) in [7, 11) is 0. The summed E-state index contributed by atoms with van der Waals surface area (Å²) in [6.45, 7) is 7.20. The molecule has 4 rings (SSSR count). The van der Waals surface area contributed by atoms with E-state index in [4.69, 9.17) is 10.5 Å². The number of morpholine rings is 1. The Kier molecular flexibility index (Phi) is 8.05. The van der Waals surface area contributed by atoms with Crippen molar-refractivity contribution in [3.05, 3.63) is 22.4 Å². The largest absolute Gasteiger partial charge is 0.504 e. The lowest BCUT2D eigenvalue weighted by atomic mass is 9.85. The molecule has 2 saturated heterocycles. The van der Waals surface area contributed by atoms with E-state index in [1.165, 1.54) is 0 Å². The lowest BCUT2D eigenvalue weighted by Crippen LogP contribution is -2.49. The molecule has 0 spiro atoms. The van der Waals surface area contributed by atoms with Crippen molar-refractivity contribution < 1.29 is 34.8 Å². The first-order chi connectivity index (χ1) is 18.0. The smallest absolute Gasteiger partial charge is 0.270 e. The fourth-order valence-corrected chi connectivity index (χ4v) is 5.85. The first-order valence-electron chi connectivity index (χ1n) is 13.2. The molecule has 38 heavy (non-hydrogen) atoms. The summed E-state index contributed by atoms with van der Waals surface area (Å²) in [6.07, 6.45) is 3.07. The van der Waals surface area contributed by atoms with Crippen molar-refractivity contribution in [2.45, 2.75) is 71.0 Å². The highest BCUT2D eigenvalue weighted by Gasteiger charge is 2.32. The number of phenolic OH excluding ortho intramolecular Hbond substituents is 4. The van der Waals surface area contributed by atoms with Crippen molar-refractivity contribution in [2.24, 2.45) is 10.7 Å². The van der Waals surface area contributed by atoms with Crippen LogP contribution in [0.2, 0.25) is 0 Å². The van der Waals surface area contributed by atoms with Crippen LogP contribution in [0.15, 0.2) is 16.3 Å². The highest BCUT2D eigenvalue weighted by atomic mass is 16.5. The van der Waals surface area contributed by atoms with Crippen LogP contribution < -0.4 is 5.73 Å². The number of aromatic hydroxyl groups is 4. The Balaban J connectivity index is 1.39. The predicted octanol–water partition coefficient (Wildman–Crippen LogP) is 2.00. The van der Waals surface area contributed by atoms with Crippen molar-refractivity contribution >= 4 is 17.5 Å². The Bertz CT molecular complexity index is 1130. The SMILES string of the molecule is Cc1c(O)c(O)c(O)c(O)c1C1CCN(C(=O)CN=C2CCC/C2=C(/N)C(=O)N2C[C@@H](C)O[C@@H](C)C2)CC1. The van der Waals surface area contributed by atoms with Crippen LogP contribution in [0.5, 0.6) is 23.0 Å². The third-order valence-corrected chi connectivity index (χ3v) is 7.80. The molecule has 3 fully saturated rings. The maximum Gasteiger partial charge on any atom is 0.270 e. The lowest BCUT2D eigenvalue weighted by Gasteiger charge is -2.35. The molecule has 6 N–H and O–H groups in total. The number of allylic oxidation sites excluding steroid dienone is 1. The van der Waals surface area contributed by atoms with E-state index in [-0.39, 0.29) is 42.2 Å². The molecule has 1 aromatic rings. The van der Waals surface area contributed by atoms with Gasteiger partial charge >= 0.3 is 0 Å². The first kappa shape index (κ1) is 27.6. The van der Waals surface area contributed by atoms with Crippen LogP contribution in [0.25, 0.3) is 0 Å². The van der Waals surface area contributed by atoms with E-state index in [9.17, 15) is 30.0 Å². The zero-order chi connectivity index (χ0) is 27.7. The molecular formula is C27H38N4O7. The van der Waals surface area contributed by atoms with Crippen molar-refractivity contribution in [2.75, 3.05) is 32.7 Å². The highest BCUT2D eigenvalue weighted by molar-refractivity contribution is 6.09. The minimum Gasteiger partial charge on any atom is -0.504 e. The lowest BCUT2D eigenvalue weighted by molar-refractivity contribution is -0.139. The van der Waals surface area contributed by atoms with Gasteiger partial charge in [0.1, 0.15) is 12.2 Å². The molecule has 1 saturated carbocycles. The number of aliphatic imine (C=N–C) groups is 1. The minimum absolute atomic E-state index is 0.0400. The third kappa shape index (κ3) is 5.38. The van der Waals surface area contributed by atoms with Gasteiger partial charge in [0.2, 0.25) is 17.4 Å². The number of phenols is 4. The molecule has 11 heteroatoms. The standard InChI is InChI=1S/C27H38N4O7/c1-14-12-31(13-15(2)38-14)27(37)22(28)18-5-4-6-19(18)29-11-20(32)30-9-7-17(8-10-30)21-16(3)23(33)25(35)26(36)24(21)34/h14-15,17,33-36H,4-13,28H2,1-3H3/b22-18-,29-19?/t14-,15+. The van der Waals surface area contributed by atoms with E-state index in [1.54, 1.807) is 16.7 Å². The summed E-state index contributed by atoms with van der Waals surface area (Å²) < 4.78 is 5.71. The molecule has 1 aromatic carbocycles. The maximum absolute atomic E-state index is 13.1. The molecule has 2 amide bonds. The van der Waals surface area contributed by atoms with Gasteiger partial charge in [-0.3, -0.25) is 14.6 Å². The van der Waals surface area contributed by atoms with Gasteiger partial charge in [-0.2, -0.15) is 0 Å². The Morgan fingerprint density at radius 1 is 0.947 bits per heavy atom. The molecule has 1 aliphatic carbocycles. The van der Waals surface area contributed by atoms with E-state index in [1.807, 2.05) is 13.8 Å². The number of rotatable bonds is 4. The molecule has 11 nitrogen and oxygen atoms in total. The number of nitrogens with zero attached hydrogens (tertiary/aromatic N) is 3. The monoisotopic (exact) mass is 530 g/mol. The summed E-state index contributed by atoms with van der Waals surface area (Å²) in [5.74, 6) is -2.93. The normalized spacial score (nSPS) is 25.2. The Morgan fingerprint density at radius 2 is 1.55 bits per heavy atom. The van der Waals surface area contributed by atoms with Gasteiger partial charge < -0.3 is 40.7 Å². The number of nitrogens with two attached hydrogens (primary N) is 1. The van der Waals surface area contributed by atoms with Crippen LogP contribution in [0.3, 0.4) is 0 Å². The number of benzene rings is 1. The zero-order valence-electron chi connectivity index (χ0n) is 22.2. The molecule has 2 atom stereocenters. The number of piperidine rings is 1. The van der Waals surface area contributed by atoms with Gasteiger partial charge in [0, 0.05) is 48.6 Å². The molecule has 208 valence electrons. The van der Waals surface area contributed by atoms with Crippen LogP contribution in [0.4, 0.5) is 0 Å². The fourth-order valence-electron chi connectivity index (χ4n) is 5.85. The van der Waals surface area contributed by atoms with Gasteiger partial charge in [-0.25, -0.2) is 0 Å². The second-order valence-corrected chi connectivity index (χ2v) is 10.6. The van der Waals surface area contributed by atoms with Crippen LogP contribution in [-0.2, 0) is 14.3 Å². The van der Waals surface area contributed by atoms with Crippen molar-refractivity contribution in [3.8, 4) is 23.0 Å². The van der Waals surface area contributed by atoms with Crippen LogP contribution in [0, 0.1) is 6.92 Å². The number of ether oxygens (including phenoxy) is 1. The van der Waals surface area contributed by atoms with Crippen LogP contribution in [-0.4, -0.2) is 92.7 Å². The number of amides is 2. The summed E-state index contributed by atoms with van der Waals surface area (Å²) in [5.41, 5.74) is 8.64. The van der Waals surface area contributed by atoms with Gasteiger partial charge in [-0.15, -0.1) is 0 Å². The van der Waals surface area contributed by atoms with E-state index in [0.29, 0.717) is 68.7 Å². The van der Waals surface area contributed by atoms with Crippen molar-refractivity contribution in [3.63, 3.8) is 0 Å². The molecular weight excluding hydrogens is 492 g/mol. The first-order valence-corrected chi connectivity index (χ1v) is 13.2. The summed E-state index contributed by atoms with van der Waals surface area (Å²) in [6, 6.07) is 0. The van der Waals surface area contributed by atoms with Gasteiger partial charge in [-0.1, -0.05) is 0 Å². The average molecular weight is 531 g/mol. The summed E-state index contributed by atoms with van der Waals surface area (Å²) in [5, 5.41) is 40.2. The number of likely N-dealkylation sites (tertiary alicyclic amines) is 1. The molecule has 2 aliphatic heterocycles. The van der Waals surface area contributed by atoms with E-state index >= 15 is 0 Å². The van der Waals surface area contributed by atoms with Crippen LogP contribution >= 0.6 is 0 Å². The van der Waals surface area contributed by atoms with Crippen molar-refractivity contribution in [1.82, 2.24) is 9.80 Å². The Labute approximate surface area is 222 Å². The second kappa shape index (κ2) is 11.1. The molecule has 0 aromatic heterocycles. The minimum atomic E-state index is -0.743. The molecule has 0 bridgehead atoms. The highest BCUT2D eigenvalue weighted by Crippen LogP contribution is 2.50. The predicted molar refractivity (Wildman–Crippen MR) is 140 cm³/mol. The topological polar surface area (TPSA) is 169 Å². The number of carbonyl (C=O) groups is 2. The van der Waals surface area contributed by atoms with E-state index in [0.717, 1.165) is 12.0 Å². The van der Waals surface area contributed by atoms with Crippen molar-refractivity contribution in [1.29, 1.82) is 0 Å². The van der Waals surface area contributed by atoms with E-state index < -0.39 is 23.0 Å². The average Bonchev–Trinajstić information content (AvgIpc) is 3.37. The quantitative estimate of drug-likeness (QED) is 0.224. The van der Waals surface area contributed by atoms with Gasteiger partial charge in [0.25, 0.3) is 5.91 Å². The zero-order valence-corrected chi connectivity index (χ0v) is 22.2. The number of hydrogen-bond donors (Lipinski definition) is 5. The summed E-state index contributed by atoms with van der Waals surface area (Å²) >= 11 is 0. The molecule has 0 radical (unpaired) electrons. The molecule has 0 unspecified atom stereocenters. The number of hydrogen-bond acceptors (Lipinski definition) is 9. The van der Waals surface area contributed by atoms with Crippen LogP contribution in [0.1, 0.15) is 63.0 Å². The van der Waals surface area contributed by atoms with Gasteiger partial charge in [0.05, 0.1) is 12.2 Å². The van der Waals surface area contributed by atoms with Gasteiger partial charge in [-0.05, 0) is 58.8 Å². The summed E-state index contributed by atoms with van der Waals surface area (Å²) in [4.78, 5) is 34.0. The Morgan fingerprint density at radius 3 is 2.18 bits per heavy atom. The third-order valence-electron chi connectivity index (χ3n) is 7.80. The van der Waals surface area contributed by atoms with E-state index in [2.05, 4.69) is 4.99 Å². The molecule has 2 heterocycles. The second-order valence-electron chi connectivity index (χ2n) is 10.6. The maximum atomic E-state index is 13.1. The number of carbonyl (C=O) groups excluding carboxylic acids is 2. The Hall–Kier alpha value is -3.47. The fraction of sp³-hybridized carbons (Fsp3) is 0.593.